The molecule has 0 unspecified atom stereocenters. The Kier molecular flexibility index (Phi) is 5.02. The average Bonchev–Trinajstić information content (AvgIpc) is 2.28. The number of hydrogen-bond acceptors (Lipinski definition) is 4. The second kappa shape index (κ2) is 6.07. The summed E-state index contributed by atoms with van der Waals surface area (Å²) in [7, 11) is 0. The molecule has 1 heterocycles. The third kappa shape index (κ3) is 4.79. The lowest BCUT2D eigenvalue weighted by atomic mass is 9.93. The van der Waals surface area contributed by atoms with Gasteiger partial charge < -0.3 is 5.73 Å². The molecule has 0 bridgehead atoms. The molecule has 0 aliphatic carbocycles. The van der Waals surface area contributed by atoms with Gasteiger partial charge in [0.15, 0.2) is 0 Å². The van der Waals surface area contributed by atoms with Crippen molar-refractivity contribution in [1.29, 1.82) is 0 Å². The molecule has 17 heavy (non-hydrogen) atoms. The van der Waals surface area contributed by atoms with Crippen molar-refractivity contribution >= 4 is 0 Å². The Labute approximate surface area is 104 Å². The lowest BCUT2D eigenvalue weighted by Crippen LogP contribution is -2.38. The van der Waals surface area contributed by atoms with Crippen LogP contribution in [0.5, 0.6) is 0 Å². The Hall–Kier alpha value is -1.00. The van der Waals surface area contributed by atoms with Gasteiger partial charge in [-0.3, -0.25) is 4.90 Å². The second-order valence-electron chi connectivity index (χ2n) is 5.27. The lowest BCUT2D eigenvalue weighted by molar-refractivity contribution is 0.181. The number of rotatable bonds is 6. The van der Waals surface area contributed by atoms with E-state index in [0.29, 0.717) is 6.54 Å². The first kappa shape index (κ1) is 14.1. The normalized spacial score (nSPS) is 12.1. The summed E-state index contributed by atoms with van der Waals surface area (Å²) < 4.78 is 0. The van der Waals surface area contributed by atoms with E-state index in [2.05, 4.69) is 35.6 Å². The van der Waals surface area contributed by atoms with E-state index in [4.69, 9.17) is 5.73 Å². The number of nitrogens with zero attached hydrogens (tertiary/aromatic N) is 3. The third-order valence-corrected chi connectivity index (χ3v) is 2.87. The summed E-state index contributed by atoms with van der Waals surface area (Å²) in [5, 5.41) is 0. The van der Waals surface area contributed by atoms with E-state index >= 15 is 0 Å². The smallest absolute Gasteiger partial charge is 0.125 e. The molecule has 2 N–H and O–H groups in total. The Morgan fingerprint density at radius 3 is 2.65 bits per heavy atom. The molecule has 1 aromatic heterocycles. The zero-order chi connectivity index (χ0) is 12.9. The second-order valence-corrected chi connectivity index (χ2v) is 5.27. The fourth-order valence-electron chi connectivity index (χ4n) is 1.77. The van der Waals surface area contributed by atoms with Crippen LogP contribution in [0.15, 0.2) is 12.3 Å². The van der Waals surface area contributed by atoms with Crippen LogP contribution in [0, 0.1) is 12.3 Å². The summed E-state index contributed by atoms with van der Waals surface area (Å²) >= 11 is 0. The van der Waals surface area contributed by atoms with Crippen molar-refractivity contribution in [2.24, 2.45) is 11.1 Å². The Bertz CT molecular complexity index is 349. The Balaban J connectivity index is 2.64. The van der Waals surface area contributed by atoms with Crippen molar-refractivity contribution in [3.63, 3.8) is 0 Å². The van der Waals surface area contributed by atoms with Gasteiger partial charge in [0.1, 0.15) is 5.82 Å². The Morgan fingerprint density at radius 2 is 2.12 bits per heavy atom. The molecule has 0 amide bonds. The molecule has 0 aliphatic heterocycles. The van der Waals surface area contributed by atoms with Crippen LogP contribution in [0.25, 0.3) is 0 Å². The topological polar surface area (TPSA) is 55.0 Å². The zero-order valence-corrected chi connectivity index (χ0v) is 11.4. The first-order valence-electron chi connectivity index (χ1n) is 6.18. The van der Waals surface area contributed by atoms with E-state index in [1.165, 1.54) is 0 Å². The molecule has 1 rings (SSSR count). The minimum absolute atomic E-state index is 0.151. The van der Waals surface area contributed by atoms with Gasteiger partial charge in [-0.15, -0.1) is 0 Å². The molecule has 0 spiro atoms. The molecule has 4 heteroatoms. The van der Waals surface area contributed by atoms with Gasteiger partial charge in [0.25, 0.3) is 0 Å². The van der Waals surface area contributed by atoms with Crippen molar-refractivity contribution in [1.82, 2.24) is 14.9 Å². The van der Waals surface area contributed by atoms with Gasteiger partial charge in [0.2, 0.25) is 0 Å². The van der Waals surface area contributed by atoms with Crippen LogP contribution in [-0.2, 0) is 6.54 Å². The van der Waals surface area contributed by atoms with Crippen LogP contribution < -0.4 is 5.73 Å². The molecule has 0 fully saturated rings. The van der Waals surface area contributed by atoms with Crippen LogP contribution in [0.2, 0.25) is 0 Å². The first-order valence-corrected chi connectivity index (χ1v) is 6.18. The highest BCUT2D eigenvalue weighted by Crippen LogP contribution is 2.16. The van der Waals surface area contributed by atoms with Crippen LogP contribution in [-0.4, -0.2) is 34.5 Å². The third-order valence-electron chi connectivity index (χ3n) is 2.87. The number of aromatic nitrogens is 2. The van der Waals surface area contributed by atoms with E-state index in [9.17, 15) is 0 Å². The molecule has 0 aromatic carbocycles. The summed E-state index contributed by atoms with van der Waals surface area (Å²) in [5.41, 5.74) is 7.00. The van der Waals surface area contributed by atoms with Gasteiger partial charge in [0.05, 0.1) is 5.69 Å². The van der Waals surface area contributed by atoms with Gasteiger partial charge in [-0.25, -0.2) is 9.97 Å². The zero-order valence-electron chi connectivity index (χ0n) is 11.4. The molecule has 1 aromatic rings. The van der Waals surface area contributed by atoms with Crippen LogP contribution in [0.3, 0.4) is 0 Å². The van der Waals surface area contributed by atoms with Gasteiger partial charge in [-0.2, -0.15) is 0 Å². The summed E-state index contributed by atoms with van der Waals surface area (Å²) in [6, 6.07) is 1.98. The molecule has 0 aliphatic rings. The molecule has 0 radical (unpaired) electrons. The van der Waals surface area contributed by atoms with E-state index in [1.807, 2.05) is 19.2 Å². The molecular formula is C13H24N4. The fraction of sp³-hybridized carbons (Fsp3) is 0.692. The van der Waals surface area contributed by atoms with Gasteiger partial charge in [0, 0.05) is 19.3 Å². The predicted molar refractivity (Wildman–Crippen MR) is 70.6 cm³/mol. The van der Waals surface area contributed by atoms with Crippen molar-refractivity contribution in [3.8, 4) is 0 Å². The summed E-state index contributed by atoms with van der Waals surface area (Å²) in [6.07, 6.45) is 1.82. The standard InChI is InChI=1S/C13H24N4/c1-5-17(10-13(3,4)9-14)8-12-6-7-15-11(2)16-12/h6-7H,5,8-10,14H2,1-4H3. The maximum atomic E-state index is 5.77. The van der Waals surface area contributed by atoms with Crippen molar-refractivity contribution in [3.05, 3.63) is 23.8 Å². The lowest BCUT2D eigenvalue weighted by Gasteiger charge is -2.30. The van der Waals surface area contributed by atoms with Gasteiger partial charge in [-0.1, -0.05) is 20.8 Å². The van der Waals surface area contributed by atoms with Crippen LogP contribution >= 0.6 is 0 Å². The number of nitrogens with two attached hydrogens (primary N) is 1. The fourth-order valence-corrected chi connectivity index (χ4v) is 1.77. The maximum Gasteiger partial charge on any atom is 0.125 e. The van der Waals surface area contributed by atoms with Gasteiger partial charge in [-0.05, 0) is 31.5 Å². The van der Waals surface area contributed by atoms with Crippen LogP contribution in [0.1, 0.15) is 32.3 Å². The van der Waals surface area contributed by atoms with Crippen LogP contribution in [0.4, 0.5) is 0 Å². The first-order chi connectivity index (χ1) is 7.96. The SMILES string of the molecule is CCN(Cc1ccnc(C)n1)CC(C)(C)CN. The molecule has 4 nitrogen and oxygen atoms in total. The van der Waals surface area contributed by atoms with E-state index in [0.717, 1.165) is 31.2 Å². The van der Waals surface area contributed by atoms with E-state index < -0.39 is 0 Å². The summed E-state index contributed by atoms with van der Waals surface area (Å²) in [4.78, 5) is 10.9. The number of aryl methyl sites for hydroxylation is 1. The highest BCUT2D eigenvalue weighted by molar-refractivity contribution is 5.01. The van der Waals surface area contributed by atoms with Crippen molar-refractivity contribution in [2.45, 2.75) is 34.2 Å². The number of hydrogen-bond donors (Lipinski definition) is 1. The maximum absolute atomic E-state index is 5.77. The molecular weight excluding hydrogens is 212 g/mol. The highest BCUT2D eigenvalue weighted by atomic mass is 15.1. The quantitative estimate of drug-likeness (QED) is 0.815. The minimum Gasteiger partial charge on any atom is -0.330 e. The summed E-state index contributed by atoms with van der Waals surface area (Å²) in [5.74, 6) is 0.830. The summed E-state index contributed by atoms with van der Waals surface area (Å²) in [6.45, 7) is 12.0. The average molecular weight is 236 g/mol. The van der Waals surface area contributed by atoms with Crippen molar-refractivity contribution < 1.29 is 0 Å². The molecule has 0 saturated heterocycles. The molecule has 0 saturated carbocycles. The van der Waals surface area contributed by atoms with E-state index in [-0.39, 0.29) is 5.41 Å². The highest BCUT2D eigenvalue weighted by Gasteiger charge is 2.19. The van der Waals surface area contributed by atoms with E-state index in [1.54, 1.807) is 0 Å². The minimum atomic E-state index is 0.151. The molecule has 0 atom stereocenters. The van der Waals surface area contributed by atoms with Gasteiger partial charge >= 0.3 is 0 Å². The predicted octanol–water partition coefficient (Wildman–Crippen LogP) is 1.59. The monoisotopic (exact) mass is 236 g/mol. The largest absolute Gasteiger partial charge is 0.330 e. The Morgan fingerprint density at radius 1 is 1.41 bits per heavy atom. The van der Waals surface area contributed by atoms with Crippen molar-refractivity contribution in [2.75, 3.05) is 19.6 Å². The molecule has 96 valence electrons.